The minimum Gasteiger partial charge on any atom is -0.451 e. The average Bonchev–Trinajstić information content (AvgIpc) is 3.16. The summed E-state index contributed by atoms with van der Waals surface area (Å²) in [7, 11) is 0. The molecule has 0 bridgehead atoms. The Labute approximate surface area is 178 Å². The molecule has 0 atom stereocenters. The summed E-state index contributed by atoms with van der Waals surface area (Å²) in [6, 6.07) is 14.2. The molecule has 5 nitrogen and oxygen atoms in total. The van der Waals surface area contributed by atoms with Crippen LogP contribution in [0.15, 0.2) is 52.9 Å². The zero-order valence-electron chi connectivity index (χ0n) is 15.7. The number of benzene rings is 2. The first-order valence-corrected chi connectivity index (χ1v) is 10.3. The maximum absolute atomic E-state index is 12.7. The number of piperidine rings is 1. The van der Waals surface area contributed by atoms with Crippen LogP contribution in [0.4, 0.5) is 0 Å². The Kier molecular flexibility index (Phi) is 5.79. The number of carbonyl (C=O) groups is 2. The van der Waals surface area contributed by atoms with Gasteiger partial charge in [-0.2, -0.15) is 0 Å². The van der Waals surface area contributed by atoms with Crippen molar-refractivity contribution in [1.29, 1.82) is 0 Å². The van der Waals surface area contributed by atoms with E-state index in [2.05, 4.69) is 5.32 Å². The van der Waals surface area contributed by atoms with Crippen molar-refractivity contribution in [2.24, 2.45) is 5.92 Å². The van der Waals surface area contributed by atoms with E-state index in [4.69, 9.17) is 27.6 Å². The smallest absolute Gasteiger partial charge is 0.289 e. The SMILES string of the molecule is O=C(NCC1CCN(C(=O)c2cc3ccccc3o2)CC1)c1ccc(Cl)cc1Cl. The van der Waals surface area contributed by atoms with E-state index in [0.29, 0.717) is 52.5 Å². The molecule has 3 aromatic rings. The molecule has 1 aromatic heterocycles. The van der Waals surface area contributed by atoms with Gasteiger partial charge in [0, 0.05) is 30.0 Å². The van der Waals surface area contributed by atoms with Crippen LogP contribution in [0.5, 0.6) is 0 Å². The monoisotopic (exact) mass is 430 g/mol. The lowest BCUT2D eigenvalue weighted by Gasteiger charge is -2.31. The van der Waals surface area contributed by atoms with Gasteiger partial charge in [0.15, 0.2) is 5.76 Å². The topological polar surface area (TPSA) is 62.6 Å². The number of nitrogens with zero attached hydrogens (tertiary/aromatic N) is 1. The molecule has 0 radical (unpaired) electrons. The molecule has 29 heavy (non-hydrogen) atoms. The Balaban J connectivity index is 1.30. The van der Waals surface area contributed by atoms with Crippen molar-refractivity contribution in [3.8, 4) is 0 Å². The number of fused-ring (bicyclic) bond motifs is 1. The van der Waals surface area contributed by atoms with E-state index < -0.39 is 0 Å². The van der Waals surface area contributed by atoms with Crippen molar-refractivity contribution in [3.63, 3.8) is 0 Å². The molecule has 4 rings (SSSR count). The minimum absolute atomic E-state index is 0.0865. The normalized spacial score (nSPS) is 14.9. The van der Waals surface area contributed by atoms with E-state index >= 15 is 0 Å². The second-order valence-electron chi connectivity index (χ2n) is 7.22. The predicted molar refractivity (Wildman–Crippen MR) is 114 cm³/mol. The van der Waals surface area contributed by atoms with Crippen LogP contribution in [-0.2, 0) is 0 Å². The molecule has 2 heterocycles. The van der Waals surface area contributed by atoms with Crippen LogP contribution in [0.1, 0.15) is 33.8 Å². The summed E-state index contributed by atoms with van der Waals surface area (Å²) in [5.74, 6) is 0.379. The fourth-order valence-corrected chi connectivity index (χ4v) is 4.08. The first-order valence-electron chi connectivity index (χ1n) is 9.52. The van der Waals surface area contributed by atoms with E-state index in [-0.39, 0.29) is 11.8 Å². The van der Waals surface area contributed by atoms with Gasteiger partial charge >= 0.3 is 0 Å². The molecule has 1 aliphatic heterocycles. The number of likely N-dealkylation sites (tertiary alicyclic amines) is 1. The summed E-state index contributed by atoms with van der Waals surface area (Å²) in [5, 5.41) is 4.69. The third-order valence-electron chi connectivity index (χ3n) is 5.27. The molecule has 0 spiro atoms. The molecule has 1 aliphatic rings. The van der Waals surface area contributed by atoms with Gasteiger partial charge in [-0.25, -0.2) is 0 Å². The fraction of sp³-hybridized carbons (Fsp3) is 0.273. The first kappa shape index (κ1) is 19.8. The Hall–Kier alpha value is -2.50. The van der Waals surface area contributed by atoms with Crippen molar-refractivity contribution in [1.82, 2.24) is 10.2 Å². The molecule has 2 aromatic carbocycles. The molecular formula is C22H20Cl2N2O3. The predicted octanol–water partition coefficient (Wildman–Crippen LogP) is 5.02. The largest absolute Gasteiger partial charge is 0.451 e. The van der Waals surface area contributed by atoms with Gasteiger partial charge in [0.2, 0.25) is 0 Å². The minimum atomic E-state index is -0.215. The molecule has 0 saturated carbocycles. The highest BCUT2D eigenvalue weighted by Crippen LogP contribution is 2.24. The van der Waals surface area contributed by atoms with E-state index in [1.54, 1.807) is 24.3 Å². The Bertz CT molecular complexity index is 1020. The molecule has 2 amide bonds. The quantitative estimate of drug-likeness (QED) is 0.631. The Morgan fingerprint density at radius 1 is 1.07 bits per heavy atom. The molecule has 1 saturated heterocycles. The number of nitrogens with one attached hydrogen (secondary N) is 1. The number of carbonyl (C=O) groups excluding carboxylic acids is 2. The molecule has 1 N–H and O–H groups in total. The van der Waals surface area contributed by atoms with Gasteiger partial charge in [-0.05, 0) is 49.1 Å². The second kappa shape index (κ2) is 8.47. The van der Waals surface area contributed by atoms with Crippen molar-refractivity contribution < 1.29 is 14.0 Å². The van der Waals surface area contributed by atoms with Gasteiger partial charge in [0.1, 0.15) is 5.58 Å². The highest BCUT2D eigenvalue weighted by molar-refractivity contribution is 6.36. The molecule has 0 unspecified atom stereocenters. The van der Waals surface area contributed by atoms with E-state index in [1.807, 2.05) is 29.2 Å². The highest BCUT2D eigenvalue weighted by Gasteiger charge is 2.26. The van der Waals surface area contributed by atoms with Gasteiger partial charge in [-0.15, -0.1) is 0 Å². The van der Waals surface area contributed by atoms with Gasteiger partial charge in [0.25, 0.3) is 11.8 Å². The lowest BCUT2D eigenvalue weighted by Crippen LogP contribution is -2.41. The Morgan fingerprint density at radius 3 is 2.55 bits per heavy atom. The van der Waals surface area contributed by atoms with Crippen molar-refractivity contribution in [2.45, 2.75) is 12.8 Å². The van der Waals surface area contributed by atoms with E-state index in [0.717, 1.165) is 18.2 Å². The molecular weight excluding hydrogens is 411 g/mol. The van der Waals surface area contributed by atoms with Crippen LogP contribution in [0.2, 0.25) is 10.0 Å². The van der Waals surface area contributed by atoms with Gasteiger partial charge in [-0.1, -0.05) is 41.4 Å². The first-order chi connectivity index (χ1) is 14.0. The van der Waals surface area contributed by atoms with E-state index in [1.165, 1.54) is 0 Å². The van der Waals surface area contributed by atoms with Crippen LogP contribution in [0, 0.1) is 5.92 Å². The van der Waals surface area contributed by atoms with Crippen LogP contribution in [-0.4, -0.2) is 36.3 Å². The number of amides is 2. The standard InChI is InChI=1S/C22H20Cl2N2O3/c23-16-5-6-17(18(24)12-16)21(27)25-13-14-7-9-26(10-8-14)22(28)20-11-15-3-1-2-4-19(15)29-20/h1-6,11-12,14H,7-10,13H2,(H,25,27). The summed E-state index contributed by atoms with van der Waals surface area (Å²) in [5.41, 5.74) is 1.13. The number of hydrogen-bond donors (Lipinski definition) is 1. The number of halogens is 2. The molecule has 150 valence electrons. The Morgan fingerprint density at radius 2 is 1.83 bits per heavy atom. The van der Waals surface area contributed by atoms with Crippen LogP contribution in [0.3, 0.4) is 0 Å². The average molecular weight is 431 g/mol. The van der Waals surface area contributed by atoms with E-state index in [9.17, 15) is 9.59 Å². The summed E-state index contributed by atoms with van der Waals surface area (Å²) in [4.78, 5) is 26.9. The third kappa shape index (κ3) is 4.41. The van der Waals surface area contributed by atoms with Crippen LogP contribution < -0.4 is 5.32 Å². The number of para-hydroxylation sites is 1. The molecule has 0 aliphatic carbocycles. The maximum atomic E-state index is 12.7. The third-order valence-corrected chi connectivity index (χ3v) is 5.81. The molecule has 1 fully saturated rings. The van der Waals surface area contributed by atoms with Crippen LogP contribution >= 0.6 is 23.2 Å². The van der Waals surface area contributed by atoms with Crippen molar-refractivity contribution in [3.05, 3.63) is 69.9 Å². The van der Waals surface area contributed by atoms with Gasteiger partial charge in [0.05, 0.1) is 10.6 Å². The second-order valence-corrected chi connectivity index (χ2v) is 8.06. The van der Waals surface area contributed by atoms with Gasteiger partial charge in [-0.3, -0.25) is 9.59 Å². The van der Waals surface area contributed by atoms with Crippen molar-refractivity contribution in [2.75, 3.05) is 19.6 Å². The molecule has 7 heteroatoms. The van der Waals surface area contributed by atoms with Crippen molar-refractivity contribution >= 4 is 46.0 Å². The zero-order valence-corrected chi connectivity index (χ0v) is 17.2. The summed E-state index contributed by atoms with van der Waals surface area (Å²) >= 11 is 12.0. The number of furan rings is 1. The number of rotatable bonds is 4. The summed E-state index contributed by atoms with van der Waals surface area (Å²) in [6.45, 7) is 1.82. The maximum Gasteiger partial charge on any atom is 0.289 e. The number of hydrogen-bond acceptors (Lipinski definition) is 3. The highest BCUT2D eigenvalue weighted by atomic mass is 35.5. The van der Waals surface area contributed by atoms with Crippen LogP contribution in [0.25, 0.3) is 11.0 Å². The lowest BCUT2D eigenvalue weighted by atomic mass is 9.96. The lowest BCUT2D eigenvalue weighted by molar-refractivity contribution is 0.0655. The summed E-state index contributed by atoms with van der Waals surface area (Å²) < 4.78 is 5.69. The fourth-order valence-electron chi connectivity index (χ4n) is 3.59. The summed E-state index contributed by atoms with van der Waals surface area (Å²) in [6.07, 6.45) is 1.64. The zero-order chi connectivity index (χ0) is 20.4. The van der Waals surface area contributed by atoms with Gasteiger partial charge < -0.3 is 14.6 Å².